The van der Waals surface area contributed by atoms with Crippen LogP contribution in [-0.2, 0) is 11.3 Å². The lowest BCUT2D eigenvalue weighted by atomic mass is 10.1. The van der Waals surface area contributed by atoms with Gasteiger partial charge < -0.3 is 9.94 Å². The van der Waals surface area contributed by atoms with Gasteiger partial charge in [0.2, 0.25) is 0 Å². The fraction of sp³-hybridized carbons (Fsp3) is 0.385. The van der Waals surface area contributed by atoms with Crippen LogP contribution >= 0.6 is 0 Å². The van der Waals surface area contributed by atoms with Crippen molar-refractivity contribution in [2.24, 2.45) is 0 Å². The van der Waals surface area contributed by atoms with E-state index in [1.165, 1.54) is 10.3 Å². The zero-order valence-electron chi connectivity index (χ0n) is 9.67. The molecular formula is C13H16N2O2. The predicted octanol–water partition coefficient (Wildman–Crippen LogP) is 1.71. The number of para-hydroxylation sites is 1. The average molecular weight is 232 g/mol. The largest absolute Gasteiger partial charge is 0.428 e. The van der Waals surface area contributed by atoms with Crippen LogP contribution in [0.25, 0.3) is 10.9 Å². The molecule has 1 aliphatic rings. The number of hydrogen-bond acceptors (Lipinski definition) is 3. The van der Waals surface area contributed by atoms with Gasteiger partial charge in [0.15, 0.2) is 0 Å². The third kappa shape index (κ3) is 2.01. The van der Waals surface area contributed by atoms with E-state index < -0.39 is 0 Å². The molecule has 4 nitrogen and oxygen atoms in total. The Kier molecular flexibility index (Phi) is 2.74. The molecule has 0 atom stereocenters. The molecule has 90 valence electrons. The van der Waals surface area contributed by atoms with Crippen LogP contribution in [0.4, 0.5) is 0 Å². The Morgan fingerprint density at radius 3 is 2.76 bits per heavy atom. The average Bonchev–Trinajstić information content (AvgIpc) is 2.69. The van der Waals surface area contributed by atoms with E-state index in [1.807, 2.05) is 18.2 Å². The van der Waals surface area contributed by atoms with Crippen molar-refractivity contribution in [2.75, 3.05) is 26.3 Å². The molecule has 1 saturated heterocycles. The van der Waals surface area contributed by atoms with Gasteiger partial charge in [-0.2, -0.15) is 4.73 Å². The lowest BCUT2D eigenvalue weighted by molar-refractivity contribution is 0.0342. The molecule has 3 rings (SSSR count). The zero-order chi connectivity index (χ0) is 11.7. The molecule has 0 amide bonds. The molecule has 0 saturated carbocycles. The molecule has 2 heterocycles. The van der Waals surface area contributed by atoms with Crippen LogP contribution in [-0.4, -0.2) is 41.1 Å². The number of aromatic nitrogens is 1. The first kappa shape index (κ1) is 10.6. The van der Waals surface area contributed by atoms with E-state index in [0.29, 0.717) is 0 Å². The summed E-state index contributed by atoms with van der Waals surface area (Å²) in [6, 6.07) is 7.93. The second-order valence-corrected chi connectivity index (χ2v) is 4.40. The van der Waals surface area contributed by atoms with E-state index in [-0.39, 0.29) is 0 Å². The number of nitrogens with zero attached hydrogens (tertiary/aromatic N) is 2. The molecule has 0 radical (unpaired) electrons. The second kappa shape index (κ2) is 4.39. The van der Waals surface area contributed by atoms with Crippen molar-refractivity contribution in [2.45, 2.75) is 6.54 Å². The summed E-state index contributed by atoms with van der Waals surface area (Å²) in [5.41, 5.74) is 2.04. The van der Waals surface area contributed by atoms with Crippen molar-refractivity contribution in [3.63, 3.8) is 0 Å². The summed E-state index contributed by atoms with van der Waals surface area (Å²) >= 11 is 0. The van der Waals surface area contributed by atoms with Crippen LogP contribution in [0.5, 0.6) is 0 Å². The molecule has 0 spiro atoms. The van der Waals surface area contributed by atoms with Gasteiger partial charge in [0.25, 0.3) is 0 Å². The monoisotopic (exact) mass is 232 g/mol. The highest BCUT2D eigenvalue weighted by molar-refractivity contribution is 5.83. The van der Waals surface area contributed by atoms with Crippen LogP contribution in [0.2, 0.25) is 0 Å². The van der Waals surface area contributed by atoms with Crippen molar-refractivity contribution in [3.8, 4) is 0 Å². The summed E-state index contributed by atoms with van der Waals surface area (Å²) in [5, 5.41) is 10.9. The standard InChI is InChI=1S/C13H16N2O2/c16-15-10-11(9-14-5-7-17-8-6-14)12-3-1-2-4-13(12)15/h1-4,10,16H,5-9H2. The van der Waals surface area contributed by atoms with Gasteiger partial charge in [-0.25, -0.2) is 0 Å². The molecule has 0 bridgehead atoms. The molecule has 17 heavy (non-hydrogen) atoms. The minimum Gasteiger partial charge on any atom is -0.428 e. The summed E-state index contributed by atoms with van der Waals surface area (Å²) < 4.78 is 6.55. The molecular weight excluding hydrogens is 216 g/mol. The summed E-state index contributed by atoms with van der Waals surface area (Å²) in [4.78, 5) is 2.35. The normalized spacial score (nSPS) is 17.6. The summed E-state index contributed by atoms with van der Waals surface area (Å²) in [6.07, 6.45) is 1.81. The highest BCUT2D eigenvalue weighted by Gasteiger charge is 2.14. The van der Waals surface area contributed by atoms with E-state index in [2.05, 4.69) is 11.0 Å². The molecule has 1 N–H and O–H groups in total. The van der Waals surface area contributed by atoms with Gasteiger partial charge in [0, 0.05) is 31.2 Å². The third-order valence-electron chi connectivity index (χ3n) is 3.27. The Bertz CT molecular complexity index is 515. The Morgan fingerprint density at radius 2 is 1.94 bits per heavy atom. The van der Waals surface area contributed by atoms with Gasteiger partial charge >= 0.3 is 0 Å². The zero-order valence-corrected chi connectivity index (χ0v) is 9.67. The molecule has 0 unspecified atom stereocenters. The highest BCUT2D eigenvalue weighted by Crippen LogP contribution is 2.21. The van der Waals surface area contributed by atoms with Gasteiger partial charge in [-0.1, -0.05) is 18.2 Å². The maximum Gasteiger partial charge on any atom is 0.0868 e. The molecule has 2 aromatic rings. The van der Waals surface area contributed by atoms with E-state index in [9.17, 15) is 5.21 Å². The first-order valence-corrected chi connectivity index (χ1v) is 5.93. The van der Waals surface area contributed by atoms with E-state index in [4.69, 9.17) is 4.74 Å². The number of fused-ring (bicyclic) bond motifs is 1. The smallest absolute Gasteiger partial charge is 0.0868 e. The first-order valence-electron chi connectivity index (χ1n) is 5.93. The van der Waals surface area contributed by atoms with Crippen LogP contribution in [0, 0.1) is 0 Å². The van der Waals surface area contributed by atoms with Crippen molar-refractivity contribution >= 4 is 10.9 Å². The lowest BCUT2D eigenvalue weighted by Gasteiger charge is -2.26. The van der Waals surface area contributed by atoms with Crippen molar-refractivity contribution < 1.29 is 9.94 Å². The molecule has 4 heteroatoms. The predicted molar refractivity (Wildman–Crippen MR) is 65.2 cm³/mol. The minimum atomic E-state index is 0.803. The van der Waals surface area contributed by atoms with Crippen molar-refractivity contribution in [1.29, 1.82) is 0 Å². The van der Waals surface area contributed by atoms with E-state index in [1.54, 1.807) is 6.20 Å². The Morgan fingerprint density at radius 1 is 1.18 bits per heavy atom. The van der Waals surface area contributed by atoms with Gasteiger partial charge in [-0.05, 0) is 11.6 Å². The van der Waals surface area contributed by atoms with Crippen LogP contribution in [0.3, 0.4) is 0 Å². The number of hydrogen-bond donors (Lipinski definition) is 1. The quantitative estimate of drug-likeness (QED) is 0.801. The highest BCUT2D eigenvalue weighted by atomic mass is 16.5. The number of morpholine rings is 1. The van der Waals surface area contributed by atoms with E-state index >= 15 is 0 Å². The van der Waals surface area contributed by atoms with Crippen molar-refractivity contribution in [1.82, 2.24) is 9.63 Å². The van der Waals surface area contributed by atoms with Gasteiger partial charge in [-0.15, -0.1) is 0 Å². The topological polar surface area (TPSA) is 37.6 Å². The molecule has 1 aliphatic heterocycles. The van der Waals surface area contributed by atoms with Crippen LogP contribution in [0.15, 0.2) is 30.5 Å². The van der Waals surface area contributed by atoms with Crippen LogP contribution < -0.4 is 0 Å². The maximum atomic E-state index is 9.79. The molecule has 1 aromatic carbocycles. The Labute approximate surface area is 100.0 Å². The Hall–Kier alpha value is -1.52. The number of benzene rings is 1. The van der Waals surface area contributed by atoms with Gasteiger partial charge in [0.05, 0.1) is 18.7 Å². The van der Waals surface area contributed by atoms with Crippen molar-refractivity contribution in [3.05, 3.63) is 36.0 Å². The third-order valence-corrected chi connectivity index (χ3v) is 3.27. The summed E-state index contributed by atoms with van der Waals surface area (Å²) in [6.45, 7) is 4.41. The second-order valence-electron chi connectivity index (χ2n) is 4.40. The Balaban J connectivity index is 1.89. The van der Waals surface area contributed by atoms with Gasteiger partial charge in [-0.3, -0.25) is 4.90 Å². The SMILES string of the molecule is On1cc(CN2CCOCC2)c2ccccc21. The minimum absolute atomic E-state index is 0.803. The maximum absolute atomic E-state index is 9.79. The van der Waals surface area contributed by atoms with E-state index in [0.717, 1.165) is 43.8 Å². The fourth-order valence-corrected chi connectivity index (χ4v) is 2.36. The fourth-order valence-electron chi connectivity index (χ4n) is 2.36. The summed E-state index contributed by atoms with van der Waals surface area (Å²) in [5.74, 6) is 0. The number of rotatable bonds is 2. The molecule has 0 aliphatic carbocycles. The number of ether oxygens (including phenoxy) is 1. The molecule has 1 aromatic heterocycles. The van der Waals surface area contributed by atoms with Crippen LogP contribution in [0.1, 0.15) is 5.56 Å². The van der Waals surface area contributed by atoms with Gasteiger partial charge in [0.1, 0.15) is 0 Å². The summed E-state index contributed by atoms with van der Waals surface area (Å²) in [7, 11) is 0. The molecule has 1 fully saturated rings. The lowest BCUT2D eigenvalue weighted by Crippen LogP contribution is -2.35. The first-order chi connectivity index (χ1) is 8.34.